The number of thioether (sulfide) groups is 1. The van der Waals surface area contributed by atoms with E-state index in [0.717, 1.165) is 27.8 Å². The van der Waals surface area contributed by atoms with Crippen LogP contribution in [0.4, 0.5) is 0 Å². The lowest BCUT2D eigenvalue weighted by Crippen LogP contribution is -2.23. The molecule has 1 amide bonds. The van der Waals surface area contributed by atoms with Crippen molar-refractivity contribution < 1.29 is 4.79 Å². The van der Waals surface area contributed by atoms with E-state index in [1.165, 1.54) is 22.5 Å². The summed E-state index contributed by atoms with van der Waals surface area (Å²) in [5.74, 6) is -0.00360. The second-order valence-corrected chi connectivity index (χ2v) is 7.68. The molecule has 3 aromatic rings. The highest BCUT2D eigenvalue weighted by Crippen LogP contribution is 2.33. The van der Waals surface area contributed by atoms with Crippen LogP contribution in [-0.2, 0) is 4.79 Å². The predicted molar refractivity (Wildman–Crippen MR) is 114 cm³/mol. The number of rotatable bonds is 2. The van der Waals surface area contributed by atoms with Gasteiger partial charge in [-0.15, -0.1) is 0 Å². The van der Waals surface area contributed by atoms with Crippen LogP contribution in [-0.4, -0.2) is 34.6 Å². The molecule has 136 valence electrons. The van der Waals surface area contributed by atoms with Crippen molar-refractivity contribution in [3.8, 4) is 5.69 Å². The van der Waals surface area contributed by atoms with Gasteiger partial charge in [-0.1, -0.05) is 30.3 Å². The molecule has 4 rings (SSSR count). The standard InChI is InChI=1S/C22H21N3OS/c1-14-11-18(13-20-21(26)24(4)22(23-3)27-20)15(2)25(14)19-10-9-16-7-5-6-8-17(16)12-19/h5-13H,1-4H3. The van der Waals surface area contributed by atoms with Gasteiger partial charge in [0.05, 0.1) is 4.91 Å². The van der Waals surface area contributed by atoms with E-state index in [1.807, 2.05) is 6.08 Å². The summed E-state index contributed by atoms with van der Waals surface area (Å²) >= 11 is 1.42. The first-order valence-electron chi connectivity index (χ1n) is 8.82. The summed E-state index contributed by atoms with van der Waals surface area (Å²) in [6, 6.07) is 17.0. The Morgan fingerprint density at radius 2 is 1.78 bits per heavy atom. The van der Waals surface area contributed by atoms with Crippen molar-refractivity contribution in [1.29, 1.82) is 0 Å². The fraction of sp³-hybridized carbons (Fsp3) is 0.182. The highest BCUT2D eigenvalue weighted by Gasteiger charge is 2.30. The molecule has 1 aliphatic rings. The van der Waals surface area contributed by atoms with Crippen LogP contribution in [0.15, 0.2) is 58.4 Å². The summed E-state index contributed by atoms with van der Waals surface area (Å²) in [6.45, 7) is 4.19. The van der Waals surface area contributed by atoms with E-state index in [2.05, 4.69) is 71.9 Å². The maximum absolute atomic E-state index is 12.4. The number of amides is 1. The van der Waals surface area contributed by atoms with Gasteiger partial charge in [-0.2, -0.15) is 0 Å². The number of amidine groups is 1. The van der Waals surface area contributed by atoms with Crippen molar-refractivity contribution in [2.24, 2.45) is 4.99 Å². The second-order valence-electron chi connectivity index (χ2n) is 6.67. The zero-order valence-electron chi connectivity index (χ0n) is 15.9. The monoisotopic (exact) mass is 375 g/mol. The average molecular weight is 375 g/mol. The van der Waals surface area contributed by atoms with Crippen LogP contribution >= 0.6 is 11.8 Å². The second kappa shape index (κ2) is 6.74. The predicted octanol–water partition coefficient (Wildman–Crippen LogP) is 4.78. The maximum atomic E-state index is 12.4. The van der Waals surface area contributed by atoms with Crippen molar-refractivity contribution in [2.75, 3.05) is 14.1 Å². The smallest absolute Gasteiger partial charge is 0.266 e. The Balaban J connectivity index is 1.78. The van der Waals surface area contributed by atoms with Crippen molar-refractivity contribution in [3.05, 3.63) is 70.4 Å². The van der Waals surface area contributed by atoms with E-state index in [0.29, 0.717) is 4.91 Å². The Morgan fingerprint density at radius 1 is 1.04 bits per heavy atom. The average Bonchev–Trinajstić information content (AvgIpc) is 3.11. The third-order valence-electron chi connectivity index (χ3n) is 4.94. The summed E-state index contributed by atoms with van der Waals surface area (Å²) in [6.07, 6.45) is 1.97. The highest BCUT2D eigenvalue weighted by atomic mass is 32.2. The number of likely N-dealkylation sites (N-methyl/N-ethyl adjacent to an activating group) is 1. The zero-order valence-corrected chi connectivity index (χ0v) is 16.7. The zero-order chi connectivity index (χ0) is 19.1. The van der Waals surface area contributed by atoms with Crippen LogP contribution in [0.1, 0.15) is 17.0 Å². The highest BCUT2D eigenvalue weighted by molar-refractivity contribution is 8.18. The lowest BCUT2D eigenvalue weighted by atomic mass is 10.1. The number of nitrogens with zero attached hydrogens (tertiary/aromatic N) is 3. The topological polar surface area (TPSA) is 37.6 Å². The van der Waals surface area contributed by atoms with Gasteiger partial charge in [-0.25, -0.2) is 0 Å². The van der Waals surface area contributed by atoms with Gasteiger partial charge in [-0.3, -0.25) is 14.7 Å². The van der Waals surface area contributed by atoms with Gasteiger partial charge in [-0.05, 0) is 66.2 Å². The number of carbonyl (C=O) groups excluding carboxylic acids is 1. The molecule has 1 saturated heterocycles. The lowest BCUT2D eigenvalue weighted by Gasteiger charge is -2.11. The fourth-order valence-electron chi connectivity index (χ4n) is 3.54. The lowest BCUT2D eigenvalue weighted by molar-refractivity contribution is -0.121. The quantitative estimate of drug-likeness (QED) is 0.605. The first kappa shape index (κ1) is 17.6. The molecule has 1 aliphatic heterocycles. The molecule has 2 heterocycles. The minimum absolute atomic E-state index is 0.00360. The summed E-state index contributed by atoms with van der Waals surface area (Å²) in [4.78, 5) is 18.9. The minimum atomic E-state index is -0.00360. The molecular weight excluding hydrogens is 354 g/mol. The van der Waals surface area contributed by atoms with Gasteiger partial charge in [0, 0.05) is 31.2 Å². The maximum Gasteiger partial charge on any atom is 0.266 e. The number of carbonyl (C=O) groups is 1. The number of aromatic nitrogens is 1. The molecule has 4 nitrogen and oxygen atoms in total. The van der Waals surface area contributed by atoms with Crippen LogP contribution in [0, 0.1) is 13.8 Å². The fourth-order valence-corrected chi connectivity index (χ4v) is 4.46. The van der Waals surface area contributed by atoms with Crippen LogP contribution in [0.25, 0.3) is 22.5 Å². The molecule has 0 spiro atoms. The number of fused-ring (bicyclic) bond motifs is 1. The first-order chi connectivity index (χ1) is 13.0. The third-order valence-corrected chi connectivity index (χ3v) is 6.09. The molecule has 0 atom stereocenters. The van der Waals surface area contributed by atoms with E-state index in [-0.39, 0.29) is 5.91 Å². The molecule has 0 radical (unpaired) electrons. The first-order valence-corrected chi connectivity index (χ1v) is 9.64. The molecule has 0 bridgehead atoms. The van der Waals surface area contributed by atoms with Gasteiger partial charge in [0.1, 0.15) is 0 Å². The molecule has 1 aromatic heterocycles. The number of aliphatic imine (C=N–C) groups is 1. The number of benzene rings is 2. The largest absolute Gasteiger partial charge is 0.318 e. The van der Waals surface area contributed by atoms with Crippen LogP contribution < -0.4 is 0 Å². The molecule has 1 fully saturated rings. The molecule has 5 heteroatoms. The van der Waals surface area contributed by atoms with E-state index < -0.39 is 0 Å². The molecule has 0 saturated carbocycles. The van der Waals surface area contributed by atoms with Gasteiger partial charge in [0.2, 0.25) is 0 Å². The van der Waals surface area contributed by atoms with E-state index in [9.17, 15) is 4.79 Å². The molecule has 27 heavy (non-hydrogen) atoms. The molecular formula is C22H21N3OS. The van der Waals surface area contributed by atoms with Gasteiger partial charge >= 0.3 is 0 Å². The van der Waals surface area contributed by atoms with Gasteiger partial charge in [0.25, 0.3) is 5.91 Å². The van der Waals surface area contributed by atoms with Gasteiger partial charge < -0.3 is 4.57 Å². The molecule has 0 aliphatic carbocycles. The Morgan fingerprint density at radius 3 is 2.48 bits per heavy atom. The normalized spacial score (nSPS) is 17.6. The van der Waals surface area contributed by atoms with Gasteiger partial charge in [0.15, 0.2) is 5.17 Å². The van der Waals surface area contributed by atoms with Crippen molar-refractivity contribution in [3.63, 3.8) is 0 Å². The Hall–Kier alpha value is -2.79. The SMILES string of the molecule is CN=C1SC(=Cc2cc(C)n(-c3ccc4ccccc4c3)c2C)C(=O)N1C. The Labute approximate surface area is 163 Å². The molecule has 2 aromatic carbocycles. The van der Waals surface area contributed by atoms with Crippen LogP contribution in [0.2, 0.25) is 0 Å². The minimum Gasteiger partial charge on any atom is -0.318 e. The van der Waals surface area contributed by atoms with Crippen molar-refractivity contribution >= 4 is 39.7 Å². The summed E-state index contributed by atoms with van der Waals surface area (Å²) < 4.78 is 2.24. The van der Waals surface area contributed by atoms with Crippen molar-refractivity contribution in [1.82, 2.24) is 9.47 Å². The van der Waals surface area contributed by atoms with E-state index >= 15 is 0 Å². The van der Waals surface area contributed by atoms with Crippen LogP contribution in [0.3, 0.4) is 0 Å². The Bertz CT molecular complexity index is 1120. The number of hydrogen-bond donors (Lipinski definition) is 0. The third kappa shape index (κ3) is 2.98. The van der Waals surface area contributed by atoms with Crippen molar-refractivity contribution in [2.45, 2.75) is 13.8 Å². The van der Waals surface area contributed by atoms with Crippen LogP contribution in [0.5, 0.6) is 0 Å². The summed E-state index contributed by atoms with van der Waals surface area (Å²) in [5, 5.41) is 3.18. The van der Waals surface area contributed by atoms with E-state index in [1.54, 1.807) is 19.0 Å². The summed E-state index contributed by atoms with van der Waals surface area (Å²) in [5.41, 5.74) is 4.45. The molecule has 0 N–H and O–H groups in total. The Kier molecular flexibility index (Phi) is 4.40. The number of hydrogen-bond acceptors (Lipinski definition) is 3. The van der Waals surface area contributed by atoms with E-state index in [4.69, 9.17) is 0 Å². The summed E-state index contributed by atoms with van der Waals surface area (Å²) in [7, 11) is 3.47. The molecule has 0 unspecified atom stereocenters. The number of aryl methyl sites for hydroxylation is 1.